The predicted molar refractivity (Wildman–Crippen MR) is 80.1 cm³/mol. The molecule has 8 heteroatoms. The van der Waals surface area contributed by atoms with Crippen LogP contribution in [-0.4, -0.2) is 83.2 Å². The third-order valence-corrected chi connectivity index (χ3v) is 4.75. The van der Waals surface area contributed by atoms with E-state index in [1.54, 1.807) is 7.05 Å². The number of aliphatic hydroxyl groups is 1. The Hall–Kier alpha value is -1.83. The van der Waals surface area contributed by atoms with E-state index in [0.29, 0.717) is 12.5 Å². The van der Waals surface area contributed by atoms with Gasteiger partial charge in [0.05, 0.1) is 6.61 Å². The Balaban J connectivity index is 1.87. The minimum Gasteiger partial charge on any atom is -0.395 e. The number of aliphatic hydroxyl groups excluding tert-OH is 1. The maximum absolute atomic E-state index is 12.2. The number of carbonyl (C=O) groups excluding carboxylic acids is 2. The summed E-state index contributed by atoms with van der Waals surface area (Å²) in [7, 11) is 1.64. The molecular formula is C14H23N5O3. The Morgan fingerprint density at radius 1 is 1.32 bits per heavy atom. The second-order valence-corrected chi connectivity index (χ2v) is 6.28. The molecule has 3 rings (SSSR count). The molecule has 0 radical (unpaired) electrons. The number of β-amino-alcohol motifs (C(OH)–C–C–N with tert-alkyl or cyclic N) is 1. The predicted octanol–water partition coefficient (Wildman–Crippen LogP) is -0.741. The summed E-state index contributed by atoms with van der Waals surface area (Å²) in [6.45, 7) is 4.29. The van der Waals surface area contributed by atoms with Gasteiger partial charge in [0.2, 0.25) is 0 Å². The summed E-state index contributed by atoms with van der Waals surface area (Å²) >= 11 is 0. The van der Waals surface area contributed by atoms with Crippen LogP contribution in [0.15, 0.2) is 4.99 Å². The van der Waals surface area contributed by atoms with E-state index in [-0.39, 0.29) is 12.5 Å². The number of likely N-dealkylation sites (N-methyl/N-ethyl adjacent to an activating group) is 1. The summed E-state index contributed by atoms with van der Waals surface area (Å²) in [4.78, 5) is 34.1. The van der Waals surface area contributed by atoms with Crippen LogP contribution >= 0.6 is 0 Å². The molecular weight excluding hydrogens is 286 g/mol. The molecule has 3 aliphatic heterocycles. The van der Waals surface area contributed by atoms with Gasteiger partial charge in [-0.25, -0.2) is 9.79 Å². The molecule has 0 aromatic rings. The van der Waals surface area contributed by atoms with Crippen molar-refractivity contribution < 1.29 is 14.7 Å². The third kappa shape index (κ3) is 2.41. The van der Waals surface area contributed by atoms with Crippen molar-refractivity contribution >= 4 is 17.9 Å². The van der Waals surface area contributed by atoms with Crippen molar-refractivity contribution in [1.29, 1.82) is 0 Å². The van der Waals surface area contributed by atoms with Crippen LogP contribution in [0.2, 0.25) is 0 Å². The number of rotatable bonds is 2. The van der Waals surface area contributed by atoms with Crippen molar-refractivity contribution in [3.05, 3.63) is 0 Å². The summed E-state index contributed by atoms with van der Waals surface area (Å²) in [5.41, 5.74) is 0. The molecule has 2 fully saturated rings. The van der Waals surface area contributed by atoms with Crippen LogP contribution in [-0.2, 0) is 4.79 Å². The lowest BCUT2D eigenvalue weighted by Gasteiger charge is -2.39. The lowest BCUT2D eigenvalue weighted by Crippen LogP contribution is -2.64. The van der Waals surface area contributed by atoms with Crippen LogP contribution in [0.4, 0.5) is 4.79 Å². The molecule has 22 heavy (non-hydrogen) atoms. The van der Waals surface area contributed by atoms with Gasteiger partial charge in [-0.15, -0.1) is 0 Å². The summed E-state index contributed by atoms with van der Waals surface area (Å²) in [5, 5.41) is 11.7. The summed E-state index contributed by atoms with van der Waals surface area (Å²) < 4.78 is 0. The van der Waals surface area contributed by atoms with E-state index in [9.17, 15) is 14.7 Å². The van der Waals surface area contributed by atoms with E-state index in [0.717, 1.165) is 31.9 Å². The van der Waals surface area contributed by atoms with Crippen molar-refractivity contribution in [2.45, 2.75) is 32.0 Å². The van der Waals surface area contributed by atoms with Crippen molar-refractivity contribution in [3.8, 4) is 0 Å². The summed E-state index contributed by atoms with van der Waals surface area (Å²) in [6.07, 6.45) is 1.66. The maximum atomic E-state index is 12.2. The molecule has 2 atom stereocenters. The van der Waals surface area contributed by atoms with E-state index in [1.165, 1.54) is 4.90 Å². The quantitative estimate of drug-likeness (QED) is 0.701. The van der Waals surface area contributed by atoms with Crippen molar-refractivity contribution in [1.82, 2.24) is 20.0 Å². The first-order chi connectivity index (χ1) is 10.5. The number of carbonyl (C=O) groups is 2. The number of imide groups is 1. The zero-order chi connectivity index (χ0) is 15.9. The standard InChI is InChI=1S/C14H23N5O3/c1-9-3-5-18(6-4-9)13-15-11-10(19(13)7-8-20)12(21)16-14(22)17(11)2/h9-11,20H,3-8H2,1-2H3,(H,16,21,22). The number of amides is 3. The van der Waals surface area contributed by atoms with Crippen LogP contribution in [0.3, 0.4) is 0 Å². The molecule has 8 nitrogen and oxygen atoms in total. The molecule has 2 N–H and O–H groups in total. The molecule has 0 spiro atoms. The van der Waals surface area contributed by atoms with Gasteiger partial charge in [0.15, 0.2) is 18.2 Å². The Morgan fingerprint density at radius 3 is 2.64 bits per heavy atom. The molecule has 3 aliphatic rings. The topological polar surface area (TPSA) is 88.5 Å². The molecule has 0 saturated carbocycles. The lowest BCUT2D eigenvalue weighted by molar-refractivity contribution is -0.127. The zero-order valence-corrected chi connectivity index (χ0v) is 13.0. The Morgan fingerprint density at radius 2 is 2.00 bits per heavy atom. The van der Waals surface area contributed by atoms with E-state index in [1.807, 2.05) is 4.90 Å². The highest BCUT2D eigenvalue weighted by Crippen LogP contribution is 2.27. The average molecular weight is 309 g/mol. The first-order valence-corrected chi connectivity index (χ1v) is 7.81. The number of hydrogen-bond acceptors (Lipinski definition) is 6. The van der Waals surface area contributed by atoms with Gasteiger partial charge < -0.3 is 19.8 Å². The van der Waals surface area contributed by atoms with Gasteiger partial charge in [0.25, 0.3) is 5.91 Å². The van der Waals surface area contributed by atoms with Crippen LogP contribution in [0.1, 0.15) is 19.8 Å². The number of urea groups is 1. The van der Waals surface area contributed by atoms with Crippen molar-refractivity contribution in [2.75, 3.05) is 33.3 Å². The normalized spacial score (nSPS) is 29.6. The van der Waals surface area contributed by atoms with E-state index >= 15 is 0 Å². The number of fused-ring (bicyclic) bond motifs is 1. The monoisotopic (exact) mass is 309 g/mol. The molecule has 2 unspecified atom stereocenters. The molecule has 0 bridgehead atoms. The van der Waals surface area contributed by atoms with Gasteiger partial charge in [-0.1, -0.05) is 6.92 Å². The van der Waals surface area contributed by atoms with Crippen LogP contribution in [0, 0.1) is 5.92 Å². The number of nitrogens with zero attached hydrogens (tertiary/aromatic N) is 4. The Kier molecular flexibility index (Phi) is 3.94. The maximum Gasteiger partial charge on any atom is 0.325 e. The molecule has 3 heterocycles. The number of guanidine groups is 1. The minimum absolute atomic E-state index is 0.0581. The fraction of sp³-hybridized carbons (Fsp3) is 0.786. The van der Waals surface area contributed by atoms with Gasteiger partial charge in [0, 0.05) is 26.7 Å². The zero-order valence-electron chi connectivity index (χ0n) is 13.0. The fourth-order valence-electron chi connectivity index (χ4n) is 3.33. The van der Waals surface area contributed by atoms with Crippen LogP contribution in [0.25, 0.3) is 0 Å². The van der Waals surface area contributed by atoms with Gasteiger partial charge in [0.1, 0.15) is 0 Å². The fourth-order valence-corrected chi connectivity index (χ4v) is 3.33. The molecule has 0 aromatic carbocycles. The number of piperidine rings is 1. The first kappa shape index (κ1) is 15.1. The van der Waals surface area contributed by atoms with Crippen molar-refractivity contribution in [2.24, 2.45) is 10.9 Å². The Bertz CT molecular complexity index is 501. The smallest absolute Gasteiger partial charge is 0.325 e. The highest BCUT2D eigenvalue weighted by Gasteiger charge is 2.49. The van der Waals surface area contributed by atoms with Gasteiger partial charge in [-0.3, -0.25) is 10.1 Å². The van der Waals surface area contributed by atoms with Gasteiger partial charge >= 0.3 is 6.03 Å². The number of aliphatic imine (C=N–C) groups is 1. The SMILES string of the molecule is CC1CCN(C2=NC3C(C(=O)NC(=O)N3C)N2CCO)CC1. The number of likely N-dealkylation sites (tertiary alicyclic amines) is 1. The van der Waals surface area contributed by atoms with E-state index < -0.39 is 18.2 Å². The largest absolute Gasteiger partial charge is 0.395 e. The molecule has 0 aliphatic carbocycles. The Labute approximate surface area is 129 Å². The van der Waals surface area contributed by atoms with E-state index in [4.69, 9.17) is 0 Å². The number of nitrogens with one attached hydrogen (secondary N) is 1. The third-order valence-electron chi connectivity index (χ3n) is 4.75. The highest BCUT2D eigenvalue weighted by molar-refractivity contribution is 6.03. The lowest BCUT2D eigenvalue weighted by atomic mass is 9.99. The molecule has 0 aromatic heterocycles. The highest BCUT2D eigenvalue weighted by atomic mass is 16.3. The van der Waals surface area contributed by atoms with Gasteiger partial charge in [-0.05, 0) is 18.8 Å². The minimum atomic E-state index is -0.552. The van der Waals surface area contributed by atoms with Crippen molar-refractivity contribution in [3.63, 3.8) is 0 Å². The van der Waals surface area contributed by atoms with Gasteiger partial charge in [-0.2, -0.15) is 0 Å². The summed E-state index contributed by atoms with van der Waals surface area (Å²) in [6, 6.07) is -0.975. The first-order valence-electron chi connectivity index (χ1n) is 7.81. The summed E-state index contributed by atoms with van der Waals surface area (Å²) in [5.74, 6) is 1.08. The molecule has 3 amide bonds. The van der Waals surface area contributed by atoms with Crippen LogP contribution < -0.4 is 5.32 Å². The van der Waals surface area contributed by atoms with Crippen LogP contribution in [0.5, 0.6) is 0 Å². The molecule has 2 saturated heterocycles. The second kappa shape index (κ2) is 5.75. The van der Waals surface area contributed by atoms with E-state index in [2.05, 4.69) is 22.1 Å². The number of hydrogen-bond donors (Lipinski definition) is 2. The average Bonchev–Trinajstić information content (AvgIpc) is 2.86. The molecule has 122 valence electrons. The second-order valence-electron chi connectivity index (χ2n) is 6.28.